The summed E-state index contributed by atoms with van der Waals surface area (Å²) in [7, 11) is 0. The lowest BCUT2D eigenvalue weighted by molar-refractivity contribution is 0.470. The molecule has 2 N–H and O–H groups in total. The van der Waals surface area contributed by atoms with E-state index in [1.807, 2.05) is 123 Å². The minimum Gasteiger partial charge on any atom is -0.507 e. The van der Waals surface area contributed by atoms with Gasteiger partial charge in [0, 0.05) is 23.6 Å². The first-order valence-electron chi connectivity index (χ1n) is 12.4. The Morgan fingerprint density at radius 3 is 1.32 bits per heavy atom. The fourth-order valence-corrected chi connectivity index (χ4v) is 4.35. The Morgan fingerprint density at radius 1 is 0.474 bits per heavy atom. The first-order valence-corrected chi connectivity index (χ1v) is 12.4. The van der Waals surface area contributed by atoms with E-state index in [2.05, 4.69) is 9.98 Å². The smallest absolute Gasteiger partial charge is 0.127 e. The SMILES string of the molecule is Cc1cc(-c2ccccc2)cc(C=Nc2cccc(N=Cc3cc(-c4ccccc4)cc(C)c3O)c2)c1O. The van der Waals surface area contributed by atoms with Crippen LogP contribution in [-0.4, -0.2) is 22.6 Å². The monoisotopic (exact) mass is 496 g/mol. The standard InChI is InChI=1S/C34H28N2O2/c1-23-16-27(25-10-5-3-6-11-25)18-29(33(23)37)21-35-31-14-9-15-32(20-31)36-22-30-19-28(17-24(2)34(30)38)26-12-7-4-8-13-26/h3-22,37-38H,1-2H3. The molecule has 186 valence electrons. The van der Waals surface area contributed by atoms with Gasteiger partial charge in [0.15, 0.2) is 0 Å². The normalized spacial score (nSPS) is 11.4. The first kappa shape index (κ1) is 24.7. The van der Waals surface area contributed by atoms with Gasteiger partial charge >= 0.3 is 0 Å². The molecule has 5 aromatic rings. The molecule has 0 amide bonds. The molecule has 0 fully saturated rings. The number of aromatic hydroxyl groups is 2. The van der Waals surface area contributed by atoms with Crippen molar-refractivity contribution in [3.05, 3.63) is 131 Å². The largest absolute Gasteiger partial charge is 0.507 e. The van der Waals surface area contributed by atoms with Gasteiger partial charge in [-0.3, -0.25) is 9.98 Å². The maximum absolute atomic E-state index is 10.6. The predicted octanol–water partition coefficient (Wildman–Crippen LogP) is 8.55. The van der Waals surface area contributed by atoms with E-state index < -0.39 is 0 Å². The maximum atomic E-state index is 10.6. The quantitative estimate of drug-likeness (QED) is 0.231. The van der Waals surface area contributed by atoms with Crippen LogP contribution in [0.1, 0.15) is 22.3 Å². The molecule has 0 bridgehead atoms. The highest BCUT2D eigenvalue weighted by atomic mass is 16.3. The zero-order valence-electron chi connectivity index (χ0n) is 21.3. The van der Waals surface area contributed by atoms with Gasteiger partial charge in [-0.15, -0.1) is 0 Å². The molecule has 0 spiro atoms. The topological polar surface area (TPSA) is 65.2 Å². The van der Waals surface area contributed by atoms with Crippen LogP contribution in [0.4, 0.5) is 11.4 Å². The van der Waals surface area contributed by atoms with Crippen molar-refractivity contribution in [2.24, 2.45) is 9.98 Å². The fraction of sp³-hybridized carbons (Fsp3) is 0.0588. The number of nitrogens with zero attached hydrogens (tertiary/aromatic N) is 2. The van der Waals surface area contributed by atoms with E-state index in [4.69, 9.17) is 0 Å². The third-order valence-electron chi connectivity index (χ3n) is 6.41. The number of hydrogen-bond acceptors (Lipinski definition) is 4. The van der Waals surface area contributed by atoms with Crippen LogP contribution in [0, 0.1) is 13.8 Å². The maximum Gasteiger partial charge on any atom is 0.127 e. The minimum absolute atomic E-state index is 0.215. The van der Waals surface area contributed by atoms with E-state index in [0.717, 1.165) is 33.4 Å². The van der Waals surface area contributed by atoms with Crippen molar-refractivity contribution in [2.45, 2.75) is 13.8 Å². The lowest BCUT2D eigenvalue weighted by Crippen LogP contribution is -1.89. The highest BCUT2D eigenvalue weighted by Gasteiger charge is 2.09. The number of phenols is 2. The molecule has 0 heterocycles. The molecule has 0 aliphatic rings. The van der Waals surface area contributed by atoms with Crippen LogP contribution in [0.3, 0.4) is 0 Å². The summed E-state index contributed by atoms with van der Waals surface area (Å²) in [6, 6.07) is 35.5. The van der Waals surface area contributed by atoms with Gasteiger partial charge < -0.3 is 10.2 Å². The molecule has 0 atom stereocenters. The van der Waals surface area contributed by atoms with E-state index in [1.165, 1.54) is 0 Å². The summed E-state index contributed by atoms with van der Waals surface area (Å²) in [5.74, 6) is 0.429. The second-order valence-electron chi connectivity index (χ2n) is 9.23. The Morgan fingerprint density at radius 2 is 0.895 bits per heavy atom. The molecule has 0 aliphatic heterocycles. The van der Waals surface area contributed by atoms with Crippen LogP contribution in [0.15, 0.2) is 119 Å². The van der Waals surface area contributed by atoms with Crippen LogP contribution in [0.25, 0.3) is 22.3 Å². The van der Waals surface area contributed by atoms with Gasteiger partial charge in [0.2, 0.25) is 0 Å². The van der Waals surface area contributed by atoms with E-state index in [1.54, 1.807) is 12.4 Å². The van der Waals surface area contributed by atoms with Gasteiger partial charge in [0.1, 0.15) is 11.5 Å². The minimum atomic E-state index is 0.215. The highest BCUT2D eigenvalue weighted by Crippen LogP contribution is 2.31. The molecule has 0 radical (unpaired) electrons. The van der Waals surface area contributed by atoms with Crippen molar-refractivity contribution in [3.8, 4) is 33.8 Å². The van der Waals surface area contributed by atoms with Gasteiger partial charge in [-0.05, 0) is 89.7 Å². The average Bonchev–Trinajstić information content (AvgIpc) is 2.95. The van der Waals surface area contributed by atoms with Gasteiger partial charge in [-0.25, -0.2) is 0 Å². The second-order valence-corrected chi connectivity index (χ2v) is 9.23. The highest BCUT2D eigenvalue weighted by molar-refractivity contribution is 5.90. The molecule has 5 aromatic carbocycles. The number of rotatable bonds is 6. The molecule has 5 rings (SSSR count). The summed E-state index contributed by atoms with van der Waals surface area (Å²) in [4.78, 5) is 9.21. The van der Waals surface area contributed by atoms with Crippen molar-refractivity contribution in [1.29, 1.82) is 0 Å². The zero-order chi connectivity index (χ0) is 26.5. The lowest BCUT2D eigenvalue weighted by Gasteiger charge is -2.09. The van der Waals surface area contributed by atoms with Gasteiger partial charge in [0.05, 0.1) is 11.4 Å². The molecule has 0 aliphatic carbocycles. The van der Waals surface area contributed by atoms with Crippen molar-refractivity contribution in [1.82, 2.24) is 0 Å². The van der Waals surface area contributed by atoms with Crippen LogP contribution < -0.4 is 0 Å². The Kier molecular flexibility index (Phi) is 7.14. The van der Waals surface area contributed by atoms with Crippen LogP contribution in [0.2, 0.25) is 0 Å². The molecule has 4 heteroatoms. The van der Waals surface area contributed by atoms with Crippen molar-refractivity contribution >= 4 is 23.8 Å². The molecular formula is C34H28N2O2. The van der Waals surface area contributed by atoms with Crippen molar-refractivity contribution in [2.75, 3.05) is 0 Å². The van der Waals surface area contributed by atoms with Crippen LogP contribution >= 0.6 is 0 Å². The Balaban J connectivity index is 1.41. The second kappa shape index (κ2) is 11.0. The number of hydrogen-bond donors (Lipinski definition) is 2. The Labute approximate surface area is 222 Å². The third-order valence-corrected chi connectivity index (χ3v) is 6.41. The van der Waals surface area contributed by atoms with Crippen molar-refractivity contribution < 1.29 is 10.2 Å². The van der Waals surface area contributed by atoms with Crippen molar-refractivity contribution in [3.63, 3.8) is 0 Å². The average molecular weight is 497 g/mol. The summed E-state index contributed by atoms with van der Waals surface area (Å²) in [5, 5.41) is 21.3. The Hall–Kier alpha value is -4.96. The zero-order valence-corrected chi connectivity index (χ0v) is 21.3. The van der Waals surface area contributed by atoms with Crippen LogP contribution in [0.5, 0.6) is 11.5 Å². The molecule has 0 saturated heterocycles. The summed E-state index contributed by atoms with van der Waals surface area (Å²) >= 11 is 0. The van der Waals surface area contributed by atoms with Gasteiger partial charge in [-0.1, -0.05) is 66.7 Å². The summed E-state index contributed by atoms with van der Waals surface area (Å²) in [6.07, 6.45) is 3.35. The predicted molar refractivity (Wildman–Crippen MR) is 158 cm³/mol. The molecule has 0 unspecified atom stereocenters. The van der Waals surface area contributed by atoms with E-state index in [0.29, 0.717) is 22.5 Å². The fourth-order valence-electron chi connectivity index (χ4n) is 4.35. The van der Waals surface area contributed by atoms with Crippen LogP contribution in [-0.2, 0) is 0 Å². The molecule has 4 nitrogen and oxygen atoms in total. The number of aliphatic imine (C=N–C) groups is 2. The lowest BCUT2D eigenvalue weighted by atomic mass is 9.99. The Bertz CT molecular complexity index is 1520. The molecular weight excluding hydrogens is 468 g/mol. The van der Waals surface area contributed by atoms with E-state index >= 15 is 0 Å². The number of phenolic OH excluding ortho intramolecular Hbond substituents is 2. The molecule has 38 heavy (non-hydrogen) atoms. The van der Waals surface area contributed by atoms with E-state index in [9.17, 15) is 10.2 Å². The molecule has 0 aromatic heterocycles. The third kappa shape index (κ3) is 5.55. The number of aryl methyl sites for hydroxylation is 2. The van der Waals surface area contributed by atoms with Gasteiger partial charge in [0.25, 0.3) is 0 Å². The summed E-state index contributed by atoms with van der Waals surface area (Å²) < 4.78 is 0. The summed E-state index contributed by atoms with van der Waals surface area (Å²) in [6.45, 7) is 3.77. The summed E-state index contributed by atoms with van der Waals surface area (Å²) in [5.41, 5.74) is 8.50. The van der Waals surface area contributed by atoms with Gasteiger partial charge in [-0.2, -0.15) is 0 Å². The molecule has 0 saturated carbocycles. The first-order chi connectivity index (χ1) is 18.5. The number of benzene rings is 5. The van der Waals surface area contributed by atoms with E-state index in [-0.39, 0.29) is 11.5 Å².